The lowest BCUT2D eigenvalue weighted by Crippen LogP contribution is -2.55. The standard InChI is InChI=1S/C28H37N3O3/c1-19(2)22-14-12-21(13-15-22)17-31-25-10-6-7-11-26(25)34-18-24(28(31)33)30-23(27(29)32)16-20-8-4-3-5-9-20/h6-7,10-15,19-20,23-24,30H,3-5,8-9,16-18H2,1-2H3,(H2,29,32)/t23-,24-/m0/s1. The number of hydrogen-bond acceptors (Lipinski definition) is 4. The molecule has 0 aromatic heterocycles. The molecule has 2 atom stereocenters. The molecular formula is C28H37N3O3. The second-order valence-electron chi connectivity index (χ2n) is 10.0. The molecule has 0 unspecified atom stereocenters. The van der Waals surface area contributed by atoms with Crippen molar-refractivity contribution >= 4 is 17.5 Å². The molecule has 2 aromatic carbocycles. The monoisotopic (exact) mass is 463 g/mol. The van der Waals surface area contributed by atoms with Gasteiger partial charge in [-0.25, -0.2) is 0 Å². The van der Waals surface area contributed by atoms with Gasteiger partial charge in [0, 0.05) is 0 Å². The topological polar surface area (TPSA) is 84.7 Å². The molecule has 0 radical (unpaired) electrons. The summed E-state index contributed by atoms with van der Waals surface area (Å²) in [4.78, 5) is 27.8. The predicted octanol–water partition coefficient (Wildman–Crippen LogP) is 4.52. The minimum atomic E-state index is -0.650. The molecule has 1 aliphatic carbocycles. The number of benzene rings is 2. The molecule has 2 amide bonds. The Bertz CT molecular complexity index is 983. The maximum Gasteiger partial charge on any atom is 0.248 e. The van der Waals surface area contributed by atoms with E-state index in [0.717, 1.165) is 24.1 Å². The molecule has 6 heteroatoms. The van der Waals surface area contributed by atoms with Gasteiger partial charge in [-0.1, -0.05) is 82.3 Å². The Hall–Kier alpha value is -2.86. The molecule has 4 rings (SSSR count). The second-order valence-corrected chi connectivity index (χ2v) is 10.0. The van der Waals surface area contributed by atoms with E-state index in [9.17, 15) is 9.59 Å². The lowest BCUT2D eigenvalue weighted by molar-refractivity contribution is -0.123. The van der Waals surface area contributed by atoms with Gasteiger partial charge in [0.25, 0.3) is 0 Å². The number of amides is 2. The first kappa shape index (κ1) is 24.3. The Morgan fingerprint density at radius 3 is 2.47 bits per heavy atom. The van der Waals surface area contributed by atoms with Crippen LogP contribution < -0.4 is 20.7 Å². The molecule has 0 bridgehead atoms. The Morgan fingerprint density at radius 1 is 1.09 bits per heavy atom. The number of nitrogens with two attached hydrogens (primary N) is 1. The van der Waals surface area contributed by atoms with Crippen molar-refractivity contribution in [1.29, 1.82) is 0 Å². The van der Waals surface area contributed by atoms with Crippen LogP contribution in [0.25, 0.3) is 0 Å². The van der Waals surface area contributed by atoms with Crippen LogP contribution in [0.4, 0.5) is 5.69 Å². The molecule has 2 aliphatic rings. The predicted molar refractivity (Wildman–Crippen MR) is 135 cm³/mol. The van der Waals surface area contributed by atoms with E-state index in [0.29, 0.717) is 30.6 Å². The largest absolute Gasteiger partial charge is 0.489 e. The maximum absolute atomic E-state index is 13.8. The number of hydrogen-bond donors (Lipinski definition) is 2. The normalized spacial score (nSPS) is 19.9. The van der Waals surface area contributed by atoms with Gasteiger partial charge in [-0.2, -0.15) is 0 Å². The zero-order chi connectivity index (χ0) is 24.1. The number of ether oxygens (including phenoxy) is 1. The van der Waals surface area contributed by atoms with Crippen LogP contribution in [0.15, 0.2) is 48.5 Å². The van der Waals surface area contributed by atoms with Gasteiger partial charge in [-0.05, 0) is 41.5 Å². The maximum atomic E-state index is 13.8. The van der Waals surface area contributed by atoms with Crippen molar-refractivity contribution < 1.29 is 14.3 Å². The quantitative estimate of drug-likeness (QED) is 0.603. The van der Waals surface area contributed by atoms with Crippen molar-refractivity contribution in [3.8, 4) is 5.75 Å². The smallest absolute Gasteiger partial charge is 0.248 e. The first-order valence-electron chi connectivity index (χ1n) is 12.6. The number of primary amides is 1. The van der Waals surface area contributed by atoms with Gasteiger partial charge in [0.1, 0.15) is 18.4 Å². The van der Waals surface area contributed by atoms with E-state index >= 15 is 0 Å². The SMILES string of the molecule is CC(C)c1ccc(CN2C(=O)[C@@H](N[C@@H](CC3CCCCC3)C(N)=O)COc3ccccc32)cc1. The van der Waals surface area contributed by atoms with Gasteiger partial charge in [0.2, 0.25) is 11.8 Å². The fourth-order valence-electron chi connectivity index (χ4n) is 5.09. The number of anilines is 1. The molecule has 3 N–H and O–H groups in total. The molecule has 34 heavy (non-hydrogen) atoms. The summed E-state index contributed by atoms with van der Waals surface area (Å²) in [5, 5.41) is 3.28. The zero-order valence-corrected chi connectivity index (χ0v) is 20.3. The van der Waals surface area contributed by atoms with Crippen molar-refractivity contribution in [2.45, 2.75) is 76.9 Å². The number of fused-ring (bicyclic) bond motifs is 1. The molecule has 1 fully saturated rings. The summed E-state index contributed by atoms with van der Waals surface area (Å²) in [6, 6.07) is 14.8. The molecule has 2 aromatic rings. The third kappa shape index (κ3) is 5.79. The van der Waals surface area contributed by atoms with Crippen molar-refractivity contribution in [1.82, 2.24) is 5.32 Å². The molecule has 1 saturated carbocycles. The number of nitrogens with zero attached hydrogens (tertiary/aromatic N) is 1. The van der Waals surface area contributed by atoms with Gasteiger partial charge < -0.3 is 15.4 Å². The Morgan fingerprint density at radius 2 is 1.79 bits per heavy atom. The molecule has 1 aliphatic heterocycles. The van der Waals surface area contributed by atoms with Gasteiger partial charge in [0.05, 0.1) is 18.3 Å². The molecule has 0 spiro atoms. The summed E-state index contributed by atoms with van der Waals surface area (Å²) >= 11 is 0. The summed E-state index contributed by atoms with van der Waals surface area (Å²) in [6.07, 6.45) is 6.55. The zero-order valence-electron chi connectivity index (χ0n) is 20.3. The van der Waals surface area contributed by atoms with Crippen LogP contribution in [0.1, 0.15) is 69.4 Å². The highest BCUT2D eigenvalue weighted by Gasteiger charge is 2.34. The first-order chi connectivity index (χ1) is 16.4. The van der Waals surface area contributed by atoms with E-state index in [1.807, 2.05) is 24.3 Å². The van der Waals surface area contributed by atoms with Crippen LogP contribution in [0.2, 0.25) is 0 Å². The molecular weight excluding hydrogens is 426 g/mol. The van der Waals surface area contributed by atoms with Gasteiger partial charge in [0.15, 0.2) is 0 Å². The van der Waals surface area contributed by atoms with Crippen LogP contribution in [-0.4, -0.2) is 30.5 Å². The van der Waals surface area contributed by atoms with Crippen molar-refractivity contribution in [2.24, 2.45) is 11.7 Å². The molecule has 6 nitrogen and oxygen atoms in total. The van der Waals surface area contributed by atoms with E-state index in [1.54, 1.807) is 4.90 Å². The third-order valence-electron chi connectivity index (χ3n) is 7.15. The van der Waals surface area contributed by atoms with Crippen LogP contribution in [0.5, 0.6) is 5.75 Å². The summed E-state index contributed by atoms with van der Waals surface area (Å²) in [5.74, 6) is 1.07. The second kappa shape index (κ2) is 11.0. The van der Waals surface area contributed by atoms with Gasteiger partial charge in [-0.3, -0.25) is 14.9 Å². The van der Waals surface area contributed by atoms with E-state index in [4.69, 9.17) is 10.5 Å². The van der Waals surface area contributed by atoms with Crippen molar-refractivity contribution in [3.63, 3.8) is 0 Å². The van der Waals surface area contributed by atoms with E-state index in [2.05, 4.69) is 43.4 Å². The first-order valence-corrected chi connectivity index (χ1v) is 12.6. The average Bonchev–Trinajstić information content (AvgIpc) is 2.97. The minimum absolute atomic E-state index is 0.104. The van der Waals surface area contributed by atoms with Gasteiger partial charge in [-0.15, -0.1) is 0 Å². The number of nitrogens with one attached hydrogen (secondary N) is 1. The average molecular weight is 464 g/mol. The Labute approximate surface area is 202 Å². The Balaban J connectivity index is 1.55. The highest BCUT2D eigenvalue weighted by atomic mass is 16.5. The van der Waals surface area contributed by atoms with E-state index in [1.165, 1.54) is 24.8 Å². The number of carbonyl (C=O) groups excluding carboxylic acids is 2. The van der Waals surface area contributed by atoms with Crippen LogP contribution >= 0.6 is 0 Å². The summed E-state index contributed by atoms with van der Waals surface area (Å²) < 4.78 is 6.04. The molecule has 0 saturated heterocycles. The van der Waals surface area contributed by atoms with E-state index < -0.39 is 18.0 Å². The highest BCUT2D eigenvalue weighted by Crippen LogP contribution is 2.33. The lowest BCUT2D eigenvalue weighted by atomic mass is 9.84. The summed E-state index contributed by atoms with van der Waals surface area (Å²) in [6.45, 7) is 4.92. The van der Waals surface area contributed by atoms with Gasteiger partial charge >= 0.3 is 0 Å². The van der Waals surface area contributed by atoms with Crippen molar-refractivity contribution in [3.05, 3.63) is 59.7 Å². The molecule has 1 heterocycles. The Kier molecular flexibility index (Phi) is 7.88. The van der Waals surface area contributed by atoms with E-state index in [-0.39, 0.29) is 12.5 Å². The highest BCUT2D eigenvalue weighted by molar-refractivity contribution is 5.99. The molecule has 182 valence electrons. The third-order valence-corrected chi connectivity index (χ3v) is 7.15. The number of carbonyl (C=O) groups is 2. The fourth-order valence-corrected chi connectivity index (χ4v) is 5.09. The number of rotatable bonds is 8. The lowest BCUT2D eigenvalue weighted by Gasteiger charge is -2.29. The summed E-state index contributed by atoms with van der Waals surface area (Å²) in [5.41, 5.74) is 8.82. The van der Waals surface area contributed by atoms with Crippen LogP contribution in [-0.2, 0) is 16.1 Å². The van der Waals surface area contributed by atoms with Crippen molar-refractivity contribution in [2.75, 3.05) is 11.5 Å². The fraction of sp³-hybridized carbons (Fsp3) is 0.500. The number of para-hydroxylation sites is 2. The van der Waals surface area contributed by atoms with Crippen LogP contribution in [0.3, 0.4) is 0 Å². The summed E-state index contributed by atoms with van der Waals surface area (Å²) in [7, 11) is 0. The minimum Gasteiger partial charge on any atom is -0.489 e. The van der Waals surface area contributed by atoms with Crippen LogP contribution in [0, 0.1) is 5.92 Å².